The predicted molar refractivity (Wildman–Crippen MR) is 83.0 cm³/mol. The molecule has 2 N–H and O–H groups in total. The Labute approximate surface area is 115 Å². The van der Waals surface area contributed by atoms with Crippen LogP contribution < -0.4 is 10.6 Å². The Hall–Kier alpha value is -1.61. The topological polar surface area (TPSA) is 37.0 Å². The molecule has 0 saturated heterocycles. The first-order chi connectivity index (χ1) is 9.13. The highest BCUT2D eigenvalue weighted by atomic mass is 14.9. The molecule has 0 amide bonds. The van der Waals surface area contributed by atoms with E-state index in [4.69, 9.17) is 0 Å². The highest BCUT2D eigenvalue weighted by Crippen LogP contribution is 2.27. The van der Waals surface area contributed by atoms with Gasteiger partial charge in [0.1, 0.15) is 0 Å². The normalized spacial score (nSPS) is 10.9. The molecule has 1 aromatic heterocycles. The first-order valence-corrected chi connectivity index (χ1v) is 6.89. The summed E-state index contributed by atoms with van der Waals surface area (Å²) in [4.78, 5) is 4.69. The van der Waals surface area contributed by atoms with Crippen molar-refractivity contribution in [1.82, 2.24) is 10.3 Å². The maximum Gasteiger partial charge on any atom is 0.0757 e. The number of aryl methyl sites for hydroxylation is 3. The molecule has 0 spiro atoms. The lowest BCUT2D eigenvalue weighted by Gasteiger charge is -2.13. The van der Waals surface area contributed by atoms with Crippen LogP contribution in [0.1, 0.15) is 23.2 Å². The maximum atomic E-state index is 4.69. The van der Waals surface area contributed by atoms with E-state index < -0.39 is 0 Å². The number of nitrogens with zero attached hydrogens (tertiary/aromatic N) is 1. The van der Waals surface area contributed by atoms with Gasteiger partial charge >= 0.3 is 0 Å². The van der Waals surface area contributed by atoms with E-state index in [1.54, 1.807) is 0 Å². The van der Waals surface area contributed by atoms with Gasteiger partial charge < -0.3 is 10.6 Å². The molecule has 2 aromatic rings. The largest absolute Gasteiger partial charge is 0.384 e. The Balaban J connectivity index is 2.35. The lowest BCUT2D eigenvalue weighted by Crippen LogP contribution is -2.13. The minimum atomic E-state index is 0.978. The second-order valence-corrected chi connectivity index (χ2v) is 5.10. The van der Waals surface area contributed by atoms with Crippen molar-refractivity contribution in [1.29, 1.82) is 0 Å². The van der Waals surface area contributed by atoms with Crippen molar-refractivity contribution < 1.29 is 0 Å². The van der Waals surface area contributed by atoms with Crippen molar-refractivity contribution >= 4 is 16.6 Å². The minimum Gasteiger partial charge on any atom is -0.384 e. The summed E-state index contributed by atoms with van der Waals surface area (Å²) in [5.74, 6) is 0. The Bertz CT molecular complexity index is 576. The monoisotopic (exact) mass is 257 g/mol. The number of rotatable bonds is 5. The molecule has 0 radical (unpaired) electrons. The van der Waals surface area contributed by atoms with E-state index in [-0.39, 0.29) is 0 Å². The summed E-state index contributed by atoms with van der Waals surface area (Å²) in [6.45, 7) is 8.35. The summed E-state index contributed by atoms with van der Waals surface area (Å²) in [6, 6.07) is 6.48. The van der Waals surface area contributed by atoms with Crippen molar-refractivity contribution in [2.45, 2.75) is 27.2 Å². The molecular weight excluding hydrogens is 234 g/mol. The van der Waals surface area contributed by atoms with Crippen molar-refractivity contribution in [2.75, 3.05) is 25.5 Å². The second-order valence-electron chi connectivity index (χ2n) is 5.10. The van der Waals surface area contributed by atoms with Crippen LogP contribution in [-0.4, -0.2) is 25.1 Å². The zero-order valence-electron chi connectivity index (χ0n) is 12.3. The SMILES string of the molecule is CNCCCNc1cc(C)nc2c(C)c(C)ccc12. The van der Waals surface area contributed by atoms with Gasteiger partial charge in [-0.3, -0.25) is 4.98 Å². The van der Waals surface area contributed by atoms with E-state index >= 15 is 0 Å². The third-order valence-electron chi connectivity index (χ3n) is 3.55. The molecule has 102 valence electrons. The van der Waals surface area contributed by atoms with Gasteiger partial charge in [0.2, 0.25) is 0 Å². The molecule has 3 heteroatoms. The Morgan fingerprint density at radius 2 is 1.89 bits per heavy atom. The Morgan fingerprint density at radius 1 is 1.11 bits per heavy atom. The number of hydrogen-bond acceptors (Lipinski definition) is 3. The molecule has 0 unspecified atom stereocenters. The first-order valence-electron chi connectivity index (χ1n) is 6.89. The molecule has 0 aliphatic rings. The summed E-state index contributed by atoms with van der Waals surface area (Å²) in [7, 11) is 1.98. The summed E-state index contributed by atoms with van der Waals surface area (Å²) in [6.07, 6.45) is 1.12. The molecule has 1 heterocycles. The molecule has 0 aliphatic carbocycles. The quantitative estimate of drug-likeness (QED) is 0.808. The van der Waals surface area contributed by atoms with E-state index in [0.717, 1.165) is 30.7 Å². The van der Waals surface area contributed by atoms with Crippen molar-refractivity contribution in [3.8, 4) is 0 Å². The van der Waals surface area contributed by atoms with E-state index in [1.807, 2.05) is 7.05 Å². The fourth-order valence-corrected chi connectivity index (χ4v) is 2.29. The summed E-state index contributed by atoms with van der Waals surface area (Å²) in [5, 5.41) is 7.92. The predicted octanol–water partition coefficient (Wildman–Crippen LogP) is 3.18. The molecule has 1 aromatic carbocycles. The van der Waals surface area contributed by atoms with Gasteiger partial charge in [-0.2, -0.15) is 0 Å². The summed E-state index contributed by atoms with van der Waals surface area (Å²) >= 11 is 0. The standard InChI is InChI=1S/C16H23N3/c1-11-6-7-14-15(18-9-5-8-17-4)10-12(2)19-16(14)13(11)3/h6-7,10,17H,5,8-9H2,1-4H3,(H,18,19). The highest BCUT2D eigenvalue weighted by Gasteiger charge is 2.07. The third-order valence-corrected chi connectivity index (χ3v) is 3.55. The molecule has 3 nitrogen and oxygen atoms in total. The molecule has 0 saturated carbocycles. The van der Waals surface area contributed by atoms with Gasteiger partial charge in [-0.25, -0.2) is 0 Å². The van der Waals surface area contributed by atoms with Crippen molar-refractivity contribution in [2.24, 2.45) is 0 Å². The molecule has 0 bridgehead atoms. The zero-order chi connectivity index (χ0) is 13.8. The molecule has 0 fully saturated rings. The Kier molecular flexibility index (Phi) is 4.38. The average molecular weight is 257 g/mol. The van der Waals surface area contributed by atoms with Crippen LogP contribution >= 0.6 is 0 Å². The van der Waals surface area contributed by atoms with Gasteiger partial charge in [-0.1, -0.05) is 12.1 Å². The molecular formula is C16H23N3. The van der Waals surface area contributed by atoms with Gasteiger partial charge in [0.25, 0.3) is 0 Å². The lowest BCUT2D eigenvalue weighted by atomic mass is 10.0. The number of hydrogen-bond donors (Lipinski definition) is 2. The van der Waals surface area contributed by atoms with Crippen LogP contribution in [-0.2, 0) is 0 Å². The number of benzene rings is 1. The fourth-order valence-electron chi connectivity index (χ4n) is 2.29. The van der Waals surface area contributed by atoms with Crippen LogP contribution in [0, 0.1) is 20.8 Å². The number of fused-ring (bicyclic) bond motifs is 1. The maximum absolute atomic E-state index is 4.69. The van der Waals surface area contributed by atoms with Crippen LogP contribution in [0.2, 0.25) is 0 Å². The number of aromatic nitrogens is 1. The number of pyridine rings is 1. The van der Waals surface area contributed by atoms with Gasteiger partial charge in [0.15, 0.2) is 0 Å². The van der Waals surface area contributed by atoms with E-state index in [0.29, 0.717) is 0 Å². The summed E-state index contributed by atoms with van der Waals surface area (Å²) < 4.78 is 0. The second kappa shape index (κ2) is 6.02. The smallest absolute Gasteiger partial charge is 0.0757 e. The zero-order valence-corrected chi connectivity index (χ0v) is 12.3. The van der Waals surface area contributed by atoms with Crippen LogP contribution in [0.5, 0.6) is 0 Å². The minimum absolute atomic E-state index is 0.978. The molecule has 0 atom stereocenters. The molecule has 2 rings (SSSR count). The molecule has 19 heavy (non-hydrogen) atoms. The average Bonchev–Trinajstić information content (AvgIpc) is 2.39. The number of nitrogens with one attached hydrogen (secondary N) is 2. The van der Waals surface area contributed by atoms with Crippen LogP contribution in [0.25, 0.3) is 10.9 Å². The lowest BCUT2D eigenvalue weighted by molar-refractivity contribution is 0.748. The van der Waals surface area contributed by atoms with Crippen LogP contribution in [0.4, 0.5) is 5.69 Å². The third kappa shape index (κ3) is 3.04. The number of anilines is 1. The Morgan fingerprint density at radius 3 is 2.63 bits per heavy atom. The van der Waals surface area contributed by atoms with Crippen LogP contribution in [0.3, 0.4) is 0 Å². The van der Waals surface area contributed by atoms with Gasteiger partial charge in [-0.15, -0.1) is 0 Å². The first kappa shape index (κ1) is 13.8. The molecule has 0 aliphatic heterocycles. The van der Waals surface area contributed by atoms with Crippen LogP contribution in [0.15, 0.2) is 18.2 Å². The summed E-state index contributed by atoms with van der Waals surface area (Å²) in [5.41, 5.74) is 5.96. The van der Waals surface area contributed by atoms with Crippen molar-refractivity contribution in [3.05, 3.63) is 35.0 Å². The van der Waals surface area contributed by atoms with Crippen molar-refractivity contribution in [3.63, 3.8) is 0 Å². The van der Waals surface area contributed by atoms with Gasteiger partial charge in [-0.05, 0) is 58.0 Å². The fraction of sp³-hybridized carbons (Fsp3) is 0.438. The van der Waals surface area contributed by atoms with Gasteiger partial charge in [0, 0.05) is 23.3 Å². The van der Waals surface area contributed by atoms with E-state index in [1.165, 1.54) is 22.2 Å². The van der Waals surface area contributed by atoms with E-state index in [2.05, 4.69) is 54.6 Å². The highest BCUT2D eigenvalue weighted by molar-refractivity contribution is 5.93. The van der Waals surface area contributed by atoms with Gasteiger partial charge in [0.05, 0.1) is 5.52 Å². The van der Waals surface area contributed by atoms with E-state index in [9.17, 15) is 0 Å².